The van der Waals surface area contributed by atoms with Crippen molar-refractivity contribution in [3.8, 4) is 0 Å². The molecule has 19 heavy (non-hydrogen) atoms. The van der Waals surface area contributed by atoms with Crippen molar-refractivity contribution in [1.29, 1.82) is 0 Å². The fraction of sp³-hybridized carbons (Fsp3) is 0.500. The van der Waals surface area contributed by atoms with Crippen molar-refractivity contribution in [2.45, 2.75) is 19.0 Å². The van der Waals surface area contributed by atoms with E-state index in [0.29, 0.717) is 5.92 Å². The maximum Gasteiger partial charge on any atom is 0.0949 e. The van der Waals surface area contributed by atoms with Crippen LogP contribution in [0.5, 0.6) is 0 Å². The first kappa shape index (κ1) is 12.8. The standard InChI is InChI=1S/C14H19N3OS/c1-16-10-15-13-8-17(7-12-4-3-5-19-12)6-11(9-18-2)14(13)16/h3-5,10-11H,6-9H2,1-2H3/t11-/m0/s1. The van der Waals surface area contributed by atoms with Crippen molar-refractivity contribution in [2.75, 3.05) is 20.3 Å². The number of aryl methyl sites for hydroxylation is 1. The lowest BCUT2D eigenvalue weighted by Gasteiger charge is -2.32. The van der Waals surface area contributed by atoms with Crippen molar-refractivity contribution in [2.24, 2.45) is 7.05 Å². The predicted octanol–water partition coefficient (Wildman–Crippen LogP) is 2.23. The van der Waals surface area contributed by atoms with Crippen LogP contribution in [-0.4, -0.2) is 34.7 Å². The third-order valence-corrected chi connectivity index (χ3v) is 4.49. The van der Waals surface area contributed by atoms with Crippen molar-refractivity contribution < 1.29 is 4.74 Å². The number of hydrogen-bond acceptors (Lipinski definition) is 4. The van der Waals surface area contributed by atoms with Gasteiger partial charge in [0.2, 0.25) is 0 Å². The lowest BCUT2D eigenvalue weighted by atomic mass is 9.99. The number of imidazole rings is 1. The largest absolute Gasteiger partial charge is 0.384 e. The van der Waals surface area contributed by atoms with E-state index in [9.17, 15) is 0 Å². The normalized spacial score (nSPS) is 19.6. The average Bonchev–Trinajstić information content (AvgIpc) is 3.00. The van der Waals surface area contributed by atoms with Crippen LogP contribution in [0.15, 0.2) is 23.8 Å². The van der Waals surface area contributed by atoms with Gasteiger partial charge < -0.3 is 9.30 Å². The van der Waals surface area contributed by atoms with Crippen LogP contribution in [0.2, 0.25) is 0 Å². The molecule has 3 rings (SSSR count). The molecule has 3 heterocycles. The van der Waals surface area contributed by atoms with Crippen LogP contribution in [-0.2, 0) is 24.9 Å². The van der Waals surface area contributed by atoms with Gasteiger partial charge in [-0.1, -0.05) is 6.07 Å². The van der Waals surface area contributed by atoms with E-state index in [1.807, 2.05) is 17.7 Å². The Morgan fingerprint density at radius 3 is 3.16 bits per heavy atom. The van der Waals surface area contributed by atoms with Crippen molar-refractivity contribution in [1.82, 2.24) is 14.5 Å². The minimum Gasteiger partial charge on any atom is -0.384 e. The van der Waals surface area contributed by atoms with Gasteiger partial charge in [-0.2, -0.15) is 0 Å². The Morgan fingerprint density at radius 2 is 2.42 bits per heavy atom. The van der Waals surface area contributed by atoms with Crippen molar-refractivity contribution in [3.05, 3.63) is 40.1 Å². The average molecular weight is 277 g/mol. The summed E-state index contributed by atoms with van der Waals surface area (Å²) in [6.45, 7) is 3.74. The van der Waals surface area contributed by atoms with Gasteiger partial charge in [0, 0.05) is 50.3 Å². The van der Waals surface area contributed by atoms with Gasteiger partial charge in [0.25, 0.3) is 0 Å². The van der Waals surface area contributed by atoms with Crippen LogP contribution < -0.4 is 0 Å². The van der Waals surface area contributed by atoms with Gasteiger partial charge in [-0.25, -0.2) is 4.98 Å². The molecule has 1 aliphatic rings. The van der Waals surface area contributed by atoms with Gasteiger partial charge in [-0.15, -0.1) is 11.3 Å². The maximum atomic E-state index is 5.38. The summed E-state index contributed by atoms with van der Waals surface area (Å²) in [4.78, 5) is 8.41. The van der Waals surface area contributed by atoms with E-state index in [1.54, 1.807) is 7.11 Å². The molecule has 0 radical (unpaired) electrons. The summed E-state index contributed by atoms with van der Waals surface area (Å²) in [5.41, 5.74) is 2.54. The maximum absolute atomic E-state index is 5.38. The van der Waals surface area contributed by atoms with E-state index in [1.165, 1.54) is 16.3 Å². The molecule has 4 nitrogen and oxygen atoms in total. The molecule has 0 aromatic carbocycles. The van der Waals surface area contributed by atoms with E-state index in [0.717, 1.165) is 26.2 Å². The minimum absolute atomic E-state index is 0.418. The molecule has 0 spiro atoms. The molecule has 1 atom stereocenters. The summed E-state index contributed by atoms with van der Waals surface area (Å²) in [5.74, 6) is 0.418. The fourth-order valence-electron chi connectivity index (χ4n) is 2.88. The Kier molecular flexibility index (Phi) is 3.68. The van der Waals surface area contributed by atoms with E-state index in [2.05, 4.69) is 39.0 Å². The van der Waals surface area contributed by atoms with E-state index in [4.69, 9.17) is 4.74 Å². The lowest BCUT2D eigenvalue weighted by Crippen LogP contribution is -2.35. The predicted molar refractivity (Wildman–Crippen MR) is 76.3 cm³/mol. The molecule has 0 saturated carbocycles. The number of thiophene rings is 1. The smallest absolute Gasteiger partial charge is 0.0949 e. The Hall–Kier alpha value is -1.17. The zero-order chi connectivity index (χ0) is 13.2. The summed E-state index contributed by atoms with van der Waals surface area (Å²) < 4.78 is 7.52. The molecule has 2 aromatic heterocycles. The highest BCUT2D eigenvalue weighted by atomic mass is 32.1. The van der Waals surface area contributed by atoms with Crippen molar-refractivity contribution >= 4 is 11.3 Å². The number of aromatic nitrogens is 2. The summed E-state index contributed by atoms with van der Waals surface area (Å²) in [6.07, 6.45) is 1.92. The quantitative estimate of drug-likeness (QED) is 0.858. The second kappa shape index (κ2) is 5.45. The van der Waals surface area contributed by atoms with Crippen LogP contribution in [0, 0.1) is 0 Å². The fourth-order valence-corrected chi connectivity index (χ4v) is 3.63. The van der Waals surface area contributed by atoms with Crippen LogP contribution in [0.4, 0.5) is 0 Å². The third-order valence-electron chi connectivity index (χ3n) is 3.63. The van der Waals surface area contributed by atoms with Gasteiger partial charge in [0.05, 0.1) is 18.6 Å². The number of nitrogens with zero attached hydrogens (tertiary/aromatic N) is 3. The highest BCUT2D eigenvalue weighted by Crippen LogP contribution is 2.28. The SMILES string of the molecule is COC[C@@H]1CN(Cc2cccs2)Cc2ncn(C)c21. The third kappa shape index (κ3) is 2.59. The second-order valence-electron chi connectivity index (χ2n) is 5.09. The second-order valence-corrected chi connectivity index (χ2v) is 6.12. The molecule has 0 N–H and O–H groups in total. The number of ether oxygens (including phenoxy) is 1. The molecule has 0 aliphatic carbocycles. The summed E-state index contributed by atoms with van der Waals surface area (Å²) >= 11 is 1.82. The van der Waals surface area contributed by atoms with Crippen LogP contribution in [0.25, 0.3) is 0 Å². The molecule has 0 amide bonds. The zero-order valence-corrected chi connectivity index (χ0v) is 12.2. The summed E-state index contributed by atoms with van der Waals surface area (Å²) in [5, 5.41) is 2.14. The van der Waals surface area contributed by atoms with Gasteiger partial charge >= 0.3 is 0 Å². The Bertz CT molecular complexity index is 535. The molecule has 0 fully saturated rings. The molecular formula is C14H19N3OS. The van der Waals surface area contributed by atoms with E-state index in [-0.39, 0.29) is 0 Å². The van der Waals surface area contributed by atoms with Crippen LogP contribution in [0.3, 0.4) is 0 Å². The Labute approximate surface area is 117 Å². The molecule has 5 heteroatoms. The van der Waals surface area contributed by atoms with Gasteiger partial charge in [0.1, 0.15) is 0 Å². The first-order chi connectivity index (χ1) is 9.28. The van der Waals surface area contributed by atoms with Crippen molar-refractivity contribution in [3.63, 3.8) is 0 Å². The lowest BCUT2D eigenvalue weighted by molar-refractivity contribution is 0.132. The monoisotopic (exact) mass is 277 g/mol. The van der Waals surface area contributed by atoms with Crippen LogP contribution >= 0.6 is 11.3 Å². The van der Waals surface area contributed by atoms with Gasteiger partial charge in [-0.05, 0) is 11.4 Å². The van der Waals surface area contributed by atoms with Gasteiger partial charge in [0.15, 0.2) is 0 Å². The van der Waals surface area contributed by atoms with Gasteiger partial charge in [-0.3, -0.25) is 4.90 Å². The summed E-state index contributed by atoms with van der Waals surface area (Å²) in [6, 6.07) is 4.31. The first-order valence-electron chi connectivity index (χ1n) is 6.51. The molecule has 2 aromatic rings. The van der Waals surface area contributed by atoms with E-state index >= 15 is 0 Å². The number of rotatable bonds is 4. The minimum atomic E-state index is 0.418. The zero-order valence-electron chi connectivity index (χ0n) is 11.4. The van der Waals surface area contributed by atoms with E-state index < -0.39 is 0 Å². The molecule has 0 unspecified atom stereocenters. The Morgan fingerprint density at radius 1 is 1.53 bits per heavy atom. The molecular weight excluding hydrogens is 258 g/mol. The molecule has 102 valence electrons. The highest BCUT2D eigenvalue weighted by molar-refractivity contribution is 7.09. The van der Waals surface area contributed by atoms with Crippen LogP contribution in [0.1, 0.15) is 22.2 Å². The Balaban J connectivity index is 1.80. The molecule has 0 bridgehead atoms. The molecule has 1 aliphatic heterocycles. The number of fused-ring (bicyclic) bond motifs is 1. The highest BCUT2D eigenvalue weighted by Gasteiger charge is 2.28. The first-order valence-corrected chi connectivity index (χ1v) is 7.39. The number of hydrogen-bond donors (Lipinski definition) is 0. The number of methoxy groups -OCH3 is 1. The topological polar surface area (TPSA) is 30.3 Å². The summed E-state index contributed by atoms with van der Waals surface area (Å²) in [7, 11) is 3.84. The molecule has 0 saturated heterocycles.